The molecule has 0 radical (unpaired) electrons. The lowest BCUT2D eigenvalue weighted by Crippen LogP contribution is -2.28. The first-order valence-corrected chi connectivity index (χ1v) is 21.8. The van der Waals surface area contributed by atoms with E-state index in [0.717, 1.165) is 11.4 Å². The van der Waals surface area contributed by atoms with Crippen LogP contribution in [-0.2, 0) is 10.8 Å². The molecule has 282 valence electrons. The SMILES string of the molecule is CC1(C)c2ccccc2-c2ccc(N(c3ccc(-c4ccccc4)cc3)c3cccc4c3C3(c5ccccc5-4)c4ccccc4-c4c3ccc3sc5ccccc5c43)cc21. The third-order valence-corrected chi connectivity index (χ3v) is 15.0. The number of hydrogen-bond acceptors (Lipinski definition) is 2. The third-order valence-electron chi connectivity index (χ3n) is 13.9. The molecule has 3 aliphatic carbocycles. The standard InChI is InChI=1S/C58H39NS/c1-57(2)46-22-10-6-17-40(46)42-32-31-39(35-50(42)57)59(38-29-27-37(28-30-38)36-15-4-3-5-16-36)51-25-14-21-43-41-18-7-11-23-47(41)58(56(43)51)48-24-12-8-19-44(48)54-49(58)33-34-53-55(54)45-20-9-13-26-52(45)60-53/h3-35H,1-2H3. The zero-order valence-electron chi connectivity index (χ0n) is 33.4. The van der Waals surface area contributed by atoms with Gasteiger partial charge in [-0.3, -0.25) is 0 Å². The van der Waals surface area contributed by atoms with E-state index in [2.05, 4.69) is 219 Å². The van der Waals surface area contributed by atoms with Crippen molar-refractivity contribution >= 4 is 48.6 Å². The smallest absolute Gasteiger partial charge is 0.0746 e. The number of rotatable bonds is 4. The van der Waals surface area contributed by atoms with Crippen molar-refractivity contribution in [1.29, 1.82) is 0 Å². The van der Waals surface area contributed by atoms with Crippen LogP contribution in [0.1, 0.15) is 47.2 Å². The van der Waals surface area contributed by atoms with Crippen LogP contribution in [-0.4, -0.2) is 0 Å². The van der Waals surface area contributed by atoms with Crippen molar-refractivity contribution in [3.8, 4) is 44.5 Å². The fourth-order valence-electron chi connectivity index (χ4n) is 11.4. The lowest BCUT2D eigenvalue weighted by atomic mass is 9.69. The monoisotopic (exact) mass is 781 g/mol. The zero-order valence-corrected chi connectivity index (χ0v) is 34.2. The maximum absolute atomic E-state index is 2.56. The van der Waals surface area contributed by atoms with E-state index in [1.54, 1.807) is 0 Å². The van der Waals surface area contributed by atoms with E-state index in [9.17, 15) is 0 Å². The summed E-state index contributed by atoms with van der Waals surface area (Å²) < 4.78 is 2.67. The van der Waals surface area contributed by atoms with Gasteiger partial charge < -0.3 is 4.90 Å². The average molecular weight is 782 g/mol. The van der Waals surface area contributed by atoms with Crippen LogP contribution in [0.4, 0.5) is 17.1 Å². The molecule has 9 aromatic carbocycles. The highest BCUT2D eigenvalue weighted by Gasteiger charge is 2.54. The first kappa shape index (κ1) is 33.9. The van der Waals surface area contributed by atoms with Crippen LogP contribution in [0, 0.1) is 0 Å². The van der Waals surface area contributed by atoms with Crippen molar-refractivity contribution in [2.45, 2.75) is 24.7 Å². The maximum atomic E-state index is 2.56. The van der Waals surface area contributed by atoms with Crippen LogP contribution in [0.3, 0.4) is 0 Å². The highest BCUT2D eigenvalue weighted by Crippen LogP contribution is 2.67. The van der Waals surface area contributed by atoms with Gasteiger partial charge in [0, 0.05) is 42.5 Å². The van der Waals surface area contributed by atoms with Crippen LogP contribution in [0.25, 0.3) is 64.7 Å². The Morgan fingerprint density at radius 1 is 0.400 bits per heavy atom. The summed E-state index contributed by atoms with van der Waals surface area (Å²) in [5, 5.41) is 2.71. The Bertz CT molecular complexity index is 3410. The van der Waals surface area contributed by atoms with Gasteiger partial charge in [0.05, 0.1) is 11.1 Å². The molecule has 1 aromatic heterocycles. The van der Waals surface area contributed by atoms with E-state index in [1.807, 2.05) is 11.3 Å². The minimum absolute atomic E-state index is 0.140. The first-order chi connectivity index (χ1) is 29.5. The quantitative estimate of drug-likeness (QED) is 0.172. The summed E-state index contributed by atoms with van der Waals surface area (Å²) in [6.07, 6.45) is 0. The Hall–Kier alpha value is -7.00. The molecule has 0 amide bonds. The molecule has 0 fully saturated rings. The van der Waals surface area contributed by atoms with Crippen LogP contribution < -0.4 is 4.90 Å². The van der Waals surface area contributed by atoms with Crippen molar-refractivity contribution in [2.24, 2.45) is 0 Å². The first-order valence-electron chi connectivity index (χ1n) is 21.0. The van der Waals surface area contributed by atoms with Crippen molar-refractivity contribution < 1.29 is 0 Å². The number of fused-ring (bicyclic) bond motifs is 17. The predicted molar refractivity (Wildman–Crippen MR) is 253 cm³/mol. The van der Waals surface area contributed by atoms with Gasteiger partial charge in [0.25, 0.3) is 0 Å². The second-order valence-electron chi connectivity index (χ2n) is 17.1. The minimum atomic E-state index is -0.542. The number of benzene rings is 9. The van der Waals surface area contributed by atoms with Crippen LogP contribution in [0.5, 0.6) is 0 Å². The van der Waals surface area contributed by atoms with Gasteiger partial charge in [-0.05, 0) is 115 Å². The van der Waals surface area contributed by atoms with E-state index in [4.69, 9.17) is 0 Å². The molecule has 2 heteroatoms. The highest BCUT2D eigenvalue weighted by atomic mass is 32.1. The molecule has 1 spiro atoms. The molecule has 0 saturated carbocycles. The van der Waals surface area contributed by atoms with E-state index in [0.29, 0.717) is 0 Å². The Balaban J connectivity index is 1.12. The lowest BCUT2D eigenvalue weighted by Gasteiger charge is -2.36. The van der Waals surface area contributed by atoms with Crippen molar-refractivity contribution in [1.82, 2.24) is 0 Å². The summed E-state index contributed by atoms with van der Waals surface area (Å²) in [5.41, 5.74) is 21.3. The molecule has 1 unspecified atom stereocenters. The van der Waals surface area contributed by atoms with Gasteiger partial charge in [-0.15, -0.1) is 11.3 Å². The fourth-order valence-corrected chi connectivity index (χ4v) is 12.5. The molecule has 0 saturated heterocycles. The molecule has 3 aliphatic rings. The van der Waals surface area contributed by atoms with E-state index >= 15 is 0 Å². The molecule has 1 atom stereocenters. The largest absolute Gasteiger partial charge is 0.310 e. The van der Waals surface area contributed by atoms with Crippen LogP contribution in [0.2, 0.25) is 0 Å². The van der Waals surface area contributed by atoms with Gasteiger partial charge >= 0.3 is 0 Å². The maximum Gasteiger partial charge on any atom is 0.0746 e. The Labute approximate surface area is 354 Å². The Morgan fingerprint density at radius 2 is 1.00 bits per heavy atom. The minimum Gasteiger partial charge on any atom is -0.310 e. The topological polar surface area (TPSA) is 3.24 Å². The van der Waals surface area contributed by atoms with Crippen LogP contribution in [0.15, 0.2) is 200 Å². The number of hydrogen-bond donors (Lipinski definition) is 0. The van der Waals surface area contributed by atoms with Crippen LogP contribution >= 0.6 is 11.3 Å². The van der Waals surface area contributed by atoms with E-state index in [1.165, 1.54) is 104 Å². The molecule has 0 bridgehead atoms. The van der Waals surface area contributed by atoms with Gasteiger partial charge in [-0.1, -0.05) is 172 Å². The summed E-state index contributed by atoms with van der Waals surface area (Å²) in [6.45, 7) is 4.77. The Morgan fingerprint density at radius 3 is 1.80 bits per heavy atom. The number of nitrogens with zero attached hydrogens (tertiary/aromatic N) is 1. The van der Waals surface area contributed by atoms with E-state index in [-0.39, 0.29) is 5.41 Å². The number of thiophene rings is 1. The fraction of sp³-hybridized carbons (Fsp3) is 0.0690. The lowest BCUT2D eigenvalue weighted by molar-refractivity contribution is 0.660. The Kier molecular flexibility index (Phi) is 6.94. The van der Waals surface area contributed by atoms with Crippen molar-refractivity contribution in [3.05, 3.63) is 234 Å². The van der Waals surface area contributed by atoms with Gasteiger partial charge in [0.1, 0.15) is 0 Å². The number of anilines is 3. The second kappa shape index (κ2) is 12.3. The molecular weight excluding hydrogens is 743 g/mol. The van der Waals surface area contributed by atoms with Crippen molar-refractivity contribution in [2.75, 3.05) is 4.90 Å². The molecule has 60 heavy (non-hydrogen) atoms. The highest BCUT2D eigenvalue weighted by molar-refractivity contribution is 7.26. The predicted octanol–water partition coefficient (Wildman–Crippen LogP) is 15.8. The summed E-state index contributed by atoms with van der Waals surface area (Å²) in [7, 11) is 0. The second-order valence-corrected chi connectivity index (χ2v) is 18.2. The third kappa shape index (κ3) is 4.36. The zero-order chi connectivity index (χ0) is 39.7. The molecule has 1 nitrogen and oxygen atoms in total. The molecule has 1 heterocycles. The summed E-state index contributed by atoms with van der Waals surface area (Å²) in [5.74, 6) is 0. The molecular formula is C58H39NS. The summed E-state index contributed by atoms with van der Waals surface area (Å²) >= 11 is 1.90. The van der Waals surface area contributed by atoms with E-state index < -0.39 is 5.41 Å². The molecule has 0 N–H and O–H groups in total. The van der Waals surface area contributed by atoms with Gasteiger partial charge in [-0.2, -0.15) is 0 Å². The van der Waals surface area contributed by atoms with Gasteiger partial charge in [0.2, 0.25) is 0 Å². The van der Waals surface area contributed by atoms with Crippen molar-refractivity contribution in [3.63, 3.8) is 0 Å². The normalized spacial score (nSPS) is 16.0. The molecule has 0 aliphatic heterocycles. The van der Waals surface area contributed by atoms with Gasteiger partial charge in [-0.25, -0.2) is 0 Å². The summed E-state index contributed by atoms with van der Waals surface area (Å²) in [4.78, 5) is 2.56. The average Bonchev–Trinajstić information content (AvgIpc) is 3.99. The molecule has 13 rings (SSSR count). The molecule has 10 aromatic rings. The van der Waals surface area contributed by atoms with Gasteiger partial charge in [0.15, 0.2) is 0 Å². The summed E-state index contributed by atoms with van der Waals surface area (Å²) in [6, 6.07) is 75.4.